The van der Waals surface area contributed by atoms with Gasteiger partial charge in [-0.05, 0) is 11.4 Å². The first-order chi connectivity index (χ1) is 6.08. The van der Waals surface area contributed by atoms with E-state index in [0.29, 0.717) is 11.6 Å². The maximum absolute atomic E-state index is 11.6. The van der Waals surface area contributed by atoms with E-state index in [1.807, 2.05) is 24.3 Å². The van der Waals surface area contributed by atoms with E-state index >= 15 is 0 Å². The number of rotatable bonds is 0. The highest BCUT2D eigenvalue weighted by Gasteiger charge is 2.16. The number of amidine groups is 1. The van der Waals surface area contributed by atoms with E-state index in [0.717, 1.165) is 11.1 Å². The quantitative estimate of drug-likeness (QED) is 0.613. The summed E-state index contributed by atoms with van der Waals surface area (Å²) in [7, 11) is -2.38. The van der Waals surface area contributed by atoms with E-state index in [4.69, 9.17) is 5.73 Å². The molecule has 13 heavy (non-hydrogen) atoms. The molecule has 68 valence electrons. The molecule has 1 aromatic carbocycles. The lowest BCUT2D eigenvalue weighted by Gasteiger charge is -2.15. The Labute approximate surface area is 77.4 Å². The van der Waals surface area contributed by atoms with Crippen molar-refractivity contribution in [2.45, 2.75) is 5.75 Å². The SMILES string of the molecule is C=S1(=O)Cc2ccccc2C(N)=N1. The molecule has 0 amide bonds. The predicted molar refractivity (Wildman–Crippen MR) is 56.1 cm³/mol. The molecule has 1 aliphatic rings. The second-order valence-electron chi connectivity index (χ2n) is 3.05. The van der Waals surface area contributed by atoms with Gasteiger partial charge in [-0.25, -0.2) is 4.21 Å². The van der Waals surface area contributed by atoms with Crippen LogP contribution < -0.4 is 5.73 Å². The molecule has 0 saturated heterocycles. The number of hydrogen-bond donors (Lipinski definition) is 1. The van der Waals surface area contributed by atoms with Gasteiger partial charge in [0.1, 0.15) is 5.84 Å². The summed E-state index contributed by atoms with van der Waals surface area (Å²) in [6.45, 7) is 0. The lowest BCUT2D eigenvalue weighted by molar-refractivity contribution is 0.681. The molecule has 1 atom stereocenters. The highest BCUT2D eigenvalue weighted by molar-refractivity contribution is 7.98. The second kappa shape index (κ2) is 2.60. The molecule has 2 N–H and O–H groups in total. The number of nitrogens with zero attached hydrogens (tertiary/aromatic N) is 1. The van der Waals surface area contributed by atoms with Crippen molar-refractivity contribution in [3.05, 3.63) is 35.4 Å². The van der Waals surface area contributed by atoms with Gasteiger partial charge in [0, 0.05) is 5.56 Å². The first-order valence-electron chi connectivity index (χ1n) is 3.87. The first kappa shape index (κ1) is 8.31. The Kier molecular flexibility index (Phi) is 1.66. The zero-order chi connectivity index (χ0) is 9.47. The van der Waals surface area contributed by atoms with Crippen LogP contribution in [0.3, 0.4) is 0 Å². The largest absolute Gasteiger partial charge is 0.383 e. The average molecular weight is 194 g/mol. The lowest BCUT2D eigenvalue weighted by atomic mass is 10.1. The van der Waals surface area contributed by atoms with Crippen LogP contribution in [0.1, 0.15) is 11.1 Å². The second-order valence-corrected chi connectivity index (χ2v) is 5.07. The third kappa shape index (κ3) is 1.45. The number of fused-ring (bicyclic) bond motifs is 1. The van der Waals surface area contributed by atoms with Crippen LogP contribution in [0.5, 0.6) is 0 Å². The zero-order valence-corrected chi connectivity index (χ0v) is 7.88. The standard InChI is InChI=1S/C9H10N2OS/c1-13(12)6-7-4-2-3-5-8(7)9(10)11-13/h2-5H,1,6H2,(H2,10,11,12). The Morgan fingerprint density at radius 1 is 1.46 bits per heavy atom. The molecular weight excluding hydrogens is 184 g/mol. The van der Waals surface area contributed by atoms with E-state index < -0.39 is 9.71 Å². The summed E-state index contributed by atoms with van der Waals surface area (Å²) in [6.07, 6.45) is 0. The number of benzene rings is 1. The van der Waals surface area contributed by atoms with Crippen molar-refractivity contribution < 1.29 is 4.21 Å². The van der Waals surface area contributed by atoms with Gasteiger partial charge in [-0.2, -0.15) is 4.40 Å². The van der Waals surface area contributed by atoms with Crippen LogP contribution >= 0.6 is 0 Å². The van der Waals surface area contributed by atoms with Crippen molar-refractivity contribution in [3.8, 4) is 0 Å². The summed E-state index contributed by atoms with van der Waals surface area (Å²) in [4.78, 5) is 0. The van der Waals surface area contributed by atoms with Crippen LogP contribution in [-0.2, 0) is 15.5 Å². The monoisotopic (exact) mass is 194 g/mol. The predicted octanol–water partition coefficient (Wildman–Crippen LogP) is 0.537. The molecule has 0 bridgehead atoms. The van der Waals surface area contributed by atoms with Crippen molar-refractivity contribution in [2.24, 2.45) is 10.1 Å². The summed E-state index contributed by atoms with van der Waals surface area (Å²) in [5.74, 6) is 4.27. The van der Waals surface area contributed by atoms with E-state index in [9.17, 15) is 4.21 Å². The van der Waals surface area contributed by atoms with Crippen LogP contribution in [0.15, 0.2) is 28.7 Å². The highest BCUT2D eigenvalue weighted by Crippen LogP contribution is 2.18. The molecular formula is C9H10N2OS. The smallest absolute Gasteiger partial charge is 0.141 e. The van der Waals surface area contributed by atoms with Gasteiger partial charge in [0.15, 0.2) is 0 Å². The van der Waals surface area contributed by atoms with Crippen LogP contribution in [0.4, 0.5) is 0 Å². The summed E-state index contributed by atoms with van der Waals surface area (Å²) in [6, 6.07) is 7.56. The Balaban J connectivity index is 2.68. The molecule has 0 aromatic heterocycles. The minimum atomic E-state index is -2.38. The van der Waals surface area contributed by atoms with Crippen molar-refractivity contribution >= 4 is 21.4 Å². The van der Waals surface area contributed by atoms with Gasteiger partial charge in [0.25, 0.3) is 0 Å². The Morgan fingerprint density at radius 2 is 2.15 bits per heavy atom. The van der Waals surface area contributed by atoms with Crippen molar-refractivity contribution in [1.29, 1.82) is 0 Å². The van der Waals surface area contributed by atoms with Crippen LogP contribution in [0.25, 0.3) is 0 Å². The number of nitrogens with two attached hydrogens (primary N) is 1. The molecule has 0 fully saturated rings. The van der Waals surface area contributed by atoms with Gasteiger partial charge in [0.2, 0.25) is 0 Å². The first-order valence-corrected chi connectivity index (χ1v) is 5.72. The molecule has 1 heterocycles. The molecule has 1 aliphatic heterocycles. The lowest BCUT2D eigenvalue weighted by Crippen LogP contribution is -2.23. The Morgan fingerprint density at radius 3 is 2.92 bits per heavy atom. The van der Waals surface area contributed by atoms with E-state index in [2.05, 4.69) is 10.3 Å². The van der Waals surface area contributed by atoms with Crippen molar-refractivity contribution in [1.82, 2.24) is 0 Å². The minimum absolute atomic E-state index is 0.335. The molecule has 0 aliphatic carbocycles. The summed E-state index contributed by atoms with van der Waals surface area (Å²) < 4.78 is 15.5. The third-order valence-corrected chi connectivity index (χ3v) is 3.23. The van der Waals surface area contributed by atoms with Crippen LogP contribution in [-0.4, -0.2) is 15.9 Å². The Hall–Kier alpha value is -1.29. The van der Waals surface area contributed by atoms with Crippen LogP contribution in [0, 0.1) is 0 Å². The normalized spacial score (nSPS) is 26.3. The molecule has 2 rings (SSSR count). The van der Waals surface area contributed by atoms with E-state index in [-0.39, 0.29) is 0 Å². The third-order valence-electron chi connectivity index (χ3n) is 1.94. The minimum Gasteiger partial charge on any atom is -0.383 e. The van der Waals surface area contributed by atoms with Crippen LogP contribution in [0.2, 0.25) is 0 Å². The Bertz CT molecular complexity index is 474. The van der Waals surface area contributed by atoms with E-state index in [1.165, 1.54) is 0 Å². The van der Waals surface area contributed by atoms with Gasteiger partial charge >= 0.3 is 0 Å². The molecule has 1 unspecified atom stereocenters. The molecule has 0 radical (unpaired) electrons. The summed E-state index contributed by atoms with van der Waals surface area (Å²) in [5, 5.41) is 0. The van der Waals surface area contributed by atoms with Gasteiger partial charge < -0.3 is 5.73 Å². The fourth-order valence-corrected chi connectivity index (χ4v) is 2.66. The molecule has 3 nitrogen and oxygen atoms in total. The summed E-state index contributed by atoms with van der Waals surface area (Å²) >= 11 is 0. The fraction of sp³-hybridized carbons (Fsp3) is 0.111. The molecule has 0 saturated carbocycles. The molecule has 1 aromatic rings. The van der Waals surface area contributed by atoms with Crippen molar-refractivity contribution in [2.75, 3.05) is 0 Å². The van der Waals surface area contributed by atoms with Gasteiger partial charge in [0.05, 0.1) is 15.5 Å². The van der Waals surface area contributed by atoms with E-state index in [1.54, 1.807) is 0 Å². The van der Waals surface area contributed by atoms with Gasteiger partial charge in [-0.1, -0.05) is 24.3 Å². The number of hydrogen-bond acceptors (Lipinski definition) is 2. The maximum atomic E-state index is 11.6. The topological polar surface area (TPSA) is 55.5 Å². The molecule has 0 spiro atoms. The van der Waals surface area contributed by atoms with Gasteiger partial charge in [-0.15, -0.1) is 0 Å². The maximum Gasteiger partial charge on any atom is 0.141 e. The molecule has 4 heteroatoms. The van der Waals surface area contributed by atoms with Gasteiger partial charge in [-0.3, -0.25) is 0 Å². The highest BCUT2D eigenvalue weighted by atomic mass is 32.2. The zero-order valence-electron chi connectivity index (χ0n) is 7.06. The summed E-state index contributed by atoms with van der Waals surface area (Å²) in [5.41, 5.74) is 7.50. The van der Waals surface area contributed by atoms with Crippen molar-refractivity contribution in [3.63, 3.8) is 0 Å². The fourth-order valence-electron chi connectivity index (χ4n) is 1.40. The average Bonchev–Trinajstić information content (AvgIpc) is 2.02.